The van der Waals surface area contributed by atoms with E-state index >= 15 is 0 Å². The van der Waals surface area contributed by atoms with Gasteiger partial charge in [-0.05, 0) is 68.5 Å². The van der Waals surface area contributed by atoms with Gasteiger partial charge >= 0.3 is 5.97 Å². The van der Waals surface area contributed by atoms with E-state index in [9.17, 15) is 14.4 Å². The molecule has 5 rings (SSSR count). The number of benzene rings is 4. The molecule has 0 bridgehead atoms. The number of carbonyl (C=O) groups excluding carboxylic acids is 3. The first-order valence-electron chi connectivity index (χ1n) is 14.6. The molecule has 1 aliphatic rings. The van der Waals surface area contributed by atoms with Crippen molar-refractivity contribution in [1.82, 2.24) is 4.90 Å². The summed E-state index contributed by atoms with van der Waals surface area (Å²) in [5, 5.41) is 6.38. The molecule has 0 unspecified atom stereocenters. The van der Waals surface area contributed by atoms with Crippen LogP contribution in [0.4, 0.5) is 17.1 Å². The fraction of sp³-hybridized carbons (Fsp3) is 0.194. The van der Waals surface area contributed by atoms with Crippen molar-refractivity contribution in [3.63, 3.8) is 0 Å². The van der Waals surface area contributed by atoms with Crippen molar-refractivity contribution in [3.8, 4) is 0 Å². The third kappa shape index (κ3) is 7.04. The molecule has 0 radical (unpaired) electrons. The molecule has 0 saturated heterocycles. The predicted octanol–water partition coefficient (Wildman–Crippen LogP) is 6.28. The fourth-order valence-corrected chi connectivity index (χ4v) is 5.06. The van der Waals surface area contributed by atoms with Crippen LogP contribution in [0.1, 0.15) is 40.4 Å². The smallest absolute Gasteiger partial charge is 0.338 e. The summed E-state index contributed by atoms with van der Waals surface area (Å²) in [6.45, 7) is 3.14. The first-order valence-corrected chi connectivity index (χ1v) is 14.6. The van der Waals surface area contributed by atoms with E-state index in [1.807, 2.05) is 104 Å². The number of hydrogen-bond donors (Lipinski definition) is 2. The maximum absolute atomic E-state index is 13.4. The zero-order valence-electron chi connectivity index (χ0n) is 25.2. The Kier molecular flexibility index (Phi) is 9.52. The first-order chi connectivity index (χ1) is 21.3. The van der Waals surface area contributed by atoms with E-state index in [-0.39, 0.29) is 18.4 Å². The fourth-order valence-electron chi connectivity index (χ4n) is 5.06. The molecular weight excluding hydrogens is 552 g/mol. The van der Waals surface area contributed by atoms with Crippen LogP contribution in [-0.4, -0.2) is 49.9 Å². The van der Waals surface area contributed by atoms with Gasteiger partial charge in [-0.1, -0.05) is 66.7 Å². The lowest BCUT2D eigenvalue weighted by molar-refractivity contribution is -0.119. The lowest BCUT2D eigenvalue weighted by Gasteiger charge is -2.24. The third-order valence-electron chi connectivity index (χ3n) is 7.29. The van der Waals surface area contributed by atoms with E-state index in [0.29, 0.717) is 47.6 Å². The topological polar surface area (TPSA) is 91.0 Å². The number of anilines is 3. The molecule has 0 aromatic heterocycles. The highest BCUT2D eigenvalue weighted by atomic mass is 16.5. The van der Waals surface area contributed by atoms with Crippen LogP contribution in [0.3, 0.4) is 0 Å². The third-order valence-corrected chi connectivity index (χ3v) is 7.29. The lowest BCUT2D eigenvalue weighted by Crippen LogP contribution is -2.32. The van der Waals surface area contributed by atoms with Crippen LogP contribution in [-0.2, 0) is 20.9 Å². The van der Waals surface area contributed by atoms with Gasteiger partial charge in [-0.25, -0.2) is 4.79 Å². The zero-order chi connectivity index (χ0) is 31.1. The van der Waals surface area contributed by atoms with Gasteiger partial charge in [0, 0.05) is 29.9 Å². The van der Waals surface area contributed by atoms with Gasteiger partial charge in [-0.3, -0.25) is 9.59 Å². The molecule has 224 valence electrons. The number of ether oxygens (including phenoxy) is 1. The van der Waals surface area contributed by atoms with Crippen molar-refractivity contribution in [2.24, 2.45) is 0 Å². The van der Waals surface area contributed by atoms with E-state index in [1.54, 1.807) is 30.0 Å². The van der Waals surface area contributed by atoms with Gasteiger partial charge in [-0.2, -0.15) is 0 Å². The number of nitrogens with one attached hydrogen (secondary N) is 2. The molecule has 1 aliphatic heterocycles. The molecule has 2 amide bonds. The number of rotatable bonds is 11. The standard InChI is InChI=1S/C36H36N4O4/c1-4-44-36(43)27-15-20-30-31(23-27)38-35(42)33(30)34(26-13-9-6-10-14-26)37-28-16-18-29(19-17-28)40(32(41)21-22-39(2)3)24-25-11-7-5-8-12-25/h5-20,23,37H,4,21-22,24H2,1-3H3,(H,38,42). The molecule has 0 atom stereocenters. The highest BCUT2D eigenvalue weighted by molar-refractivity contribution is 6.37. The minimum atomic E-state index is -0.440. The Morgan fingerprint density at radius 2 is 1.52 bits per heavy atom. The van der Waals surface area contributed by atoms with E-state index in [1.165, 1.54) is 0 Å². The van der Waals surface area contributed by atoms with Crippen LogP contribution in [0.2, 0.25) is 0 Å². The molecule has 0 spiro atoms. The van der Waals surface area contributed by atoms with Crippen LogP contribution >= 0.6 is 0 Å². The van der Waals surface area contributed by atoms with Crippen molar-refractivity contribution in [2.75, 3.05) is 42.8 Å². The molecule has 0 fully saturated rings. The quantitative estimate of drug-likeness (QED) is 0.158. The van der Waals surface area contributed by atoms with Gasteiger partial charge in [0.15, 0.2) is 0 Å². The number of hydrogen-bond acceptors (Lipinski definition) is 6. The number of fused-ring (bicyclic) bond motifs is 1. The Bertz CT molecular complexity index is 1670. The van der Waals surface area contributed by atoms with Crippen molar-refractivity contribution in [1.29, 1.82) is 0 Å². The van der Waals surface area contributed by atoms with E-state index in [4.69, 9.17) is 4.74 Å². The Balaban J connectivity index is 1.48. The summed E-state index contributed by atoms with van der Waals surface area (Å²) in [7, 11) is 3.91. The predicted molar refractivity (Wildman–Crippen MR) is 175 cm³/mol. The monoisotopic (exact) mass is 588 g/mol. The number of esters is 1. The SMILES string of the molecule is CCOC(=O)c1ccc2c(c1)NC(=O)C2=C(Nc1ccc(N(Cc2ccccc2)C(=O)CCN(C)C)cc1)c1ccccc1. The molecule has 2 N–H and O–H groups in total. The van der Waals surface area contributed by atoms with Crippen molar-refractivity contribution < 1.29 is 19.1 Å². The van der Waals surface area contributed by atoms with Gasteiger partial charge in [0.1, 0.15) is 0 Å². The largest absolute Gasteiger partial charge is 0.462 e. The van der Waals surface area contributed by atoms with Gasteiger partial charge in [0.25, 0.3) is 5.91 Å². The molecule has 44 heavy (non-hydrogen) atoms. The minimum Gasteiger partial charge on any atom is -0.462 e. The van der Waals surface area contributed by atoms with Crippen molar-refractivity contribution in [3.05, 3.63) is 125 Å². The Hall–Kier alpha value is -5.21. The highest BCUT2D eigenvalue weighted by Gasteiger charge is 2.29. The minimum absolute atomic E-state index is 0.0387. The van der Waals surface area contributed by atoms with Crippen molar-refractivity contribution >= 4 is 46.1 Å². The van der Waals surface area contributed by atoms with Crippen LogP contribution < -0.4 is 15.5 Å². The number of carbonyl (C=O) groups is 3. The molecule has 0 aliphatic carbocycles. The summed E-state index contributed by atoms with van der Waals surface area (Å²) < 4.78 is 5.13. The summed E-state index contributed by atoms with van der Waals surface area (Å²) in [6.07, 6.45) is 0.399. The van der Waals surface area contributed by atoms with Crippen LogP contribution in [0.5, 0.6) is 0 Å². The van der Waals surface area contributed by atoms with Crippen LogP contribution in [0.15, 0.2) is 103 Å². The van der Waals surface area contributed by atoms with Gasteiger partial charge < -0.3 is 25.2 Å². The second-order valence-corrected chi connectivity index (χ2v) is 10.7. The number of nitrogens with zero attached hydrogens (tertiary/aromatic N) is 2. The highest BCUT2D eigenvalue weighted by Crippen LogP contribution is 2.38. The molecule has 0 saturated carbocycles. The summed E-state index contributed by atoms with van der Waals surface area (Å²) in [5.41, 5.74) is 6.11. The van der Waals surface area contributed by atoms with E-state index in [0.717, 1.165) is 22.5 Å². The van der Waals surface area contributed by atoms with Gasteiger partial charge in [-0.15, -0.1) is 0 Å². The Labute approximate surface area is 258 Å². The molecule has 4 aromatic carbocycles. The lowest BCUT2D eigenvalue weighted by atomic mass is 9.99. The average molecular weight is 589 g/mol. The van der Waals surface area contributed by atoms with Crippen molar-refractivity contribution in [2.45, 2.75) is 19.9 Å². The molecular formula is C36H36N4O4. The second kappa shape index (κ2) is 13.8. The molecule has 4 aromatic rings. The zero-order valence-corrected chi connectivity index (χ0v) is 25.2. The molecule has 8 nitrogen and oxygen atoms in total. The second-order valence-electron chi connectivity index (χ2n) is 10.7. The Morgan fingerprint density at radius 1 is 0.841 bits per heavy atom. The maximum atomic E-state index is 13.4. The maximum Gasteiger partial charge on any atom is 0.338 e. The first kappa shape index (κ1) is 30.3. The van der Waals surface area contributed by atoms with Crippen LogP contribution in [0, 0.1) is 0 Å². The Morgan fingerprint density at radius 3 is 2.18 bits per heavy atom. The summed E-state index contributed by atoms with van der Waals surface area (Å²) in [5.74, 6) is -0.675. The summed E-state index contributed by atoms with van der Waals surface area (Å²) >= 11 is 0. The normalized spacial score (nSPS) is 13.2. The van der Waals surface area contributed by atoms with Crippen LogP contribution in [0.25, 0.3) is 11.3 Å². The average Bonchev–Trinajstić information content (AvgIpc) is 3.37. The molecule has 8 heteroatoms. The van der Waals surface area contributed by atoms with E-state index < -0.39 is 5.97 Å². The summed E-state index contributed by atoms with van der Waals surface area (Å²) in [6, 6.07) is 32.3. The number of amides is 2. The van der Waals surface area contributed by atoms with E-state index in [2.05, 4.69) is 10.6 Å². The van der Waals surface area contributed by atoms with Gasteiger partial charge in [0.05, 0.1) is 35.7 Å². The summed E-state index contributed by atoms with van der Waals surface area (Å²) in [4.78, 5) is 42.8. The van der Waals surface area contributed by atoms with Gasteiger partial charge in [0.2, 0.25) is 5.91 Å². The molecule has 1 heterocycles.